The molecule has 2 saturated heterocycles. The lowest BCUT2D eigenvalue weighted by molar-refractivity contribution is -0.145. The molecule has 13 heavy (non-hydrogen) atoms. The van der Waals surface area contributed by atoms with E-state index in [0.717, 1.165) is 26.2 Å². The molecule has 2 fully saturated rings. The molecule has 1 spiro atoms. The van der Waals surface area contributed by atoms with Crippen LogP contribution in [0.25, 0.3) is 0 Å². The van der Waals surface area contributed by atoms with Crippen molar-refractivity contribution in [1.29, 1.82) is 0 Å². The molecule has 0 amide bonds. The first kappa shape index (κ1) is 9.44. The Morgan fingerprint density at radius 2 is 1.92 bits per heavy atom. The molecule has 2 rings (SSSR count). The summed E-state index contributed by atoms with van der Waals surface area (Å²) in [5.74, 6) is 0.418. The third kappa shape index (κ3) is 1.60. The standard InChI is InChI=1S/C10H19NO2/c1-8(2)9-6-10(7-11(9)3)12-4-5-13-10/h8-9H,4-7H2,1-3H3. The molecule has 76 valence electrons. The van der Waals surface area contributed by atoms with E-state index in [1.807, 2.05) is 0 Å². The minimum absolute atomic E-state index is 0.260. The van der Waals surface area contributed by atoms with Crippen LogP contribution in [0, 0.1) is 5.92 Å². The SMILES string of the molecule is CC(C)C1CC2(CN1C)OCCO2. The third-order valence-electron chi connectivity index (χ3n) is 3.16. The molecule has 0 saturated carbocycles. The van der Waals surface area contributed by atoms with Gasteiger partial charge < -0.3 is 9.47 Å². The molecule has 0 bridgehead atoms. The van der Waals surface area contributed by atoms with Crippen LogP contribution in [-0.4, -0.2) is 43.5 Å². The van der Waals surface area contributed by atoms with Gasteiger partial charge in [-0.1, -0.05) is 13.8 Å². The Bertz CT molecular complexity index is 187. The summed E-state index contributed by atoms with van der Waals surface area (Å²) in [6.07, 6.45) is 1.03. The quantitative estimate of drug-likeness (QED) is 0.610. The molecular weight excluding hydrogens is 166 g/mol. The summed E-state index contributed by atoms with van der Waals surface area (Å²) in [4.78, 5) is 2.36. The molecule has 3 heteroatoms. The molecule has 2 heterocycles. The second kappa shape index (κ2) is 3.23. The highest BCUT2D eigenvalue weighted by Crippen LogP contribution is 2.36. The molecule has 0 N–H and O–H groups in total. The second-order valence-corrected chi connectivity index (χ2v) is 4.54. The first-order valence-electron chi connectivity index (χ1n) is 5.11. The van der Waals surface area contributed by atoms with Gasteiger partial charge in [0.1, 0.15) is 0 Å². The van der Waals surface area contributed by atoms with E-state index in [4.69, 9.17) is 9.47 Å². The predicted molar refractivity (Wildman–Crippen MR) is 50.5 cm³/mol. The lowest BCUT2D eigenvalue weighted by Gasteiger charge is -2.21. The molecule has 2 aliphatic rings. The summed E-state index contributed by atoms with van der Waals surface area (Å²) in [5.41, 5.74) is 0. The molecule has 0 aromatic carbocycles. The summed E-state index contributed by atoms with van der Waals surface area (Å²) in [6, 6.07) is 0.609. The number of hydrogen-bond acceptors (Lipinski definition) is 3. The maximum absolute atomic E-state index is 5.69. The maximum Gasteiger partial charge on any atom is 0.182 e. The molecule has 0 aliphatic carbocycles. The largest absolute Gasteiger partial charge is 0.346 e. The lowest BCUT2D eigenvalue weighted by Crippen LogP contribution is -2.33. The highest BCUT2D eigenvalue weighted by Gasteiger charge is 2.47. The molecule has 0 aromatic rings. The van der Waals surface area contributed by atoms with Gasteiger partial charge in [0, 0.05) is 12.5 Å². The lowest BCUT2D eigenvalue weighted by atomic mass is 10.0. The highest BCUT2D eigenvalue weighted by atomic mass is 16.7. The maximum atomic E-state index is 5.69. The fourth-order valence-corrected chi connectivity index (χ4v) is 2.49. The molecule has 0 aromatic heterocycles. The minimum Gasteiger partial charge on any atom is -0.346 e. The van der Waals surface area contributed by atoms with Crippen LogP contribution in [0.1, 0.15) is 20.3 Å². The topological polar surface area (TPSA) is 21.7 Å². The summed E-state index contributed by atoms with van der Waals surface area (Å²) in [5, 5.41) is 0. The van der Waals surface area contributed by atoms with E-state index in [-0.39, 0.29) is 5.79 Å². The average Bonchev–Trinajstić information content (AvgIpc) is 2.60. The fraction of sp³-hybridized carbons (Fsp3) is 1.00. The van der Waals surface area contributed by atoms with Gasteiger partial charge in [0.25, 0.3) is 0 Å². The van der Waals surface area contributed by atoms with Gasteiger partial charge in [-0.3, -0.25) is 4.90 Å². The Morgan fingerprint density at radius 3 is 2.38 bits per heavy atom. The van der Waals surface area contributed by atoms with E-state index >= 15 is 0 Å². The summed E-state index contributed by atoms with van der Waals surface area (Å²) in [7, 11) is 2.16. The van der Waals surface area contributed by atoms with Gasteiger partial charge in [-0.15, -0.1) is 0 Å². The number of likely N-dealkylation sites (N-methyl/N-ethyl adjacent to an activating group) is 1. The molecule has 1 unspecified atom stereocenters. The zero-order chi connectivity index (χ0) is 9.47. The zero-order valence-electron chi connectivity index (χ0n) is 8.75. The van der Waals surface area contributed by atoms with E-state index in [1.54, 1.807) is 0 Å². The van der Waals surface area contributed by atoms with Crippen molar-refractivity contribution in [2.45, 2.75) is 32.1 Å². The summed E-state index contributed by atoms with van der Waals surface area (Å²) >= 11 is 0. The molecule has 0 radical (unpaired) electrons. The van der Waals surface area contributed by atoms with E-state index in [0.29, 0.717) is 12.0 Å². The Balaban J connectivity index is 2.05. The minimum atomic E-state index is -0.260. The van der Waals surface area contributed by atoms with Gasteiger partial charge in [-0.25, -0.2) is 0 Å². The molecule has 2 aliphatic heterocycles. The van der Waals surface area contributed by atoms with E-state index in [2.05, 4.69) is 25.8 Å². The molecular formula is C10H19NO2. The number of hydrogen-bond donors (Lipinski definition) is 0. The van der Waals surface area contributed by atoms with Gasteiger partial charge >= 0.3 is 0 Å². The van der Waals surface area contributed by atoms with Crippen LogP contribution in [-0.2, 0) is 9.47 Å². The van der Waals surface area contributed by atoms with Gasteiger partial charge in [-0.2, -0.15) is 0 Å². The summed E-state index contributed by atoms with van der Waals surface area (Å²) in [6.45, 7) is 6.97. The van der Waals surface area contributed by atoms with Crippen molar-refractivity contribution >= 4 is 0 Å². The highest BCUT2D eigenvalue weighted by molar-refractivity contribution is 4.93. The molecule has 1 atom stereocenters. The Morgan fingerprint density at radius 1 is 1.31 bits per heavy atom. The van der Waals surface area contributed by atoms with E-state index in [9.17, 15) is 0 Å². The fourth-order valence-electron chi connectivity index (χ4n) is 2.49. The van der Waals surface area contributed by atoms with Gasteiger partial charge in [0.15, 0.2) is 5.79 Å². The number of rotatable bonds is 1. The number of ether oxygens (including phenoxy) is 2. The van der Waals surface area contributed by atoms with Crippen LogP contribution < -0.4 is 0 Å². The zero-order valence-corrected chi connectivity index (χ0v) is 8.75. The first-order valence-corrected chi connectivity index (χ1v) is 5.11. The van der Waals surface area contributed by atoms with Crippen molar-refractivity contribution in [2.24, 2.45) is 5.92 Å². The first-order chi connectivity index (χ1) is 6.13. The van der Waals surface area contributed by atoms with Crippen molar-refractivity contribution in [1.82, 2.24) is 4.90 Å². The van der Waals surface area contributed by atoms with Crippen LogP contribution >= 0.6 is 0 Å². The molecule has 3 nitrogen and oxygen atoms in total. The summed E-state index contributed by atoms with van der Waals surface area (Å²) < 4.78 is 11.4. The average molecular weight is 185 g/mol. The van der Waals surface area contributed by atoms with Crippen LogP contribution in [0.4, 0.5) is 0 Å². The second-order valence-electron chi connectivity index (χ2n) is 4.54. The Labute approximate surface area is 80.0 Å². The smallest absolute Gasteiger partial charge is 0.182 e. The number of likely N-dealkylation sites (tertiary alicyclic amines) is 1. The van der Waals surface area contributed by atoms with Crippen molar-refractivity contribution < 1.29 is 9.47 Å². The van der Waals surface area contributed by atoms with Crippen LogP contribution in [0.3, 0.4) is 0 Å². The van der Waals surface area contributed by atoms with Crippen molar-refractivity contribution in [3.05, 3.63) is 0 Å². The van der Waals surface area contributed by atoms with Crippen molar-refractivity contribution in [3.8, 4) is 0 Å². The van der Waals surface area contributed by atoms with Crippen LogP contribution in [0.15, 0.2) is 0 Å². The normalized spacial score (nSPS) is 33.7. The van der Waals surface area contributed by atoms with Crippen LogP contribution in [0.5, 0.6) is 0 Å². The monoisotopic (exact) mass is 185 g/mol. The third-order valence-corrected chi connectivity index (χ3v) is 3.16. The Kier molecular flexibility index (Phi) is 2.34. The van der Waals surface area contributed by atoms with Gasteiger partial charge in [0.05, 0.1) is 19.8 Å². The van der Waals surface area contributed by atoms with Gasteiger partial charge in [0.2, 0.25) is 0 Å². The van der Waals surface area contributed by atoms with Gasteiger partial charge in [-0.05, 0) is 13.0 Å². The predicted octanol–water partition coefficient (Wildman–Crippen LogP) is 1.09. The van der Waals surface area contributed by atoms with Crippen molar-refractivity contribution in [3.63, 3.8) is 0 Å². The van der Waals surface area contributed by atoms with E-state index < -0.39 is 0 Å². The van der Waals surface area contributed by atoms with Crippen LogP contribution in [0.2, 0.25) is 0 Å². The Hall–Kier alpha value is -0.120. The number of nitrogens with zero attached hydrogens (tertiary/aromatic N) is 1. The van der Waals surface area contributed by atoms with Crippen molar-refractivity contribution in [2.75, 3.05) is 26.8 Å². The van der Waals surface area contributed by atoms with E-state index in [1.165, 1.54) is 0 Å².